The monoisotopic (exact) mass is 382 g/mol. The number of aryl methyl sites for hydroxylation is 1. The molecule has 3 rings (SSSR count). The fraction of sp³-hybridized carbons (Fsp3) is 0.158. The van der Waals surface area contributed by atoms with Gasteiger partial charge in [0.1, 0.15) is 12.8 Å². The molecular formula is C19H18N4O3S. The standard InChI is InChI=1S/C19H18N4O3S/c1-13-3-5-14(6-4-13)12-26-17-9-15(7-8-16(17)25-2)10-21-23-18(24)11-20-22-19(23)27/h3-11H,12H2,1-2H3,(H,22,27)/b21-10-. The number of benzene rings is 2. The maximum Gasteiger partial charge on any atom is 0.293 e. The van der Waals surface area contributed by atoms with Crippen LogP contribution in [-0.2, 0) is 6.61 Å². The van der Waals surface area contributed by atoms with Crippen molar-refractivity contribution in [3.63, 3.8) is 0 Å². The van der Waals surface area contributed by atoms with Gasteiger partial charge in [0.15, 0.2) is 11.5 Å². The third kappa shape index (κ3) is 4.68. The minimum Gasteiger partial charge on any atom is -0.493 e. The molecule has 0 atom stereocenters. The lowest BCUT2D eigenvalue weighted by Gasteiger charge is -2.11. The van der Waals surface area contributed by atoms with Crippen LogP contribution in [-0.4, -0.2) is 28.2 Å². The molecule has 0 amide bonds. The Labute approximate surface area is 160 Å². The van der Waals surface area contributed by atoms with Crippen LogP contribution in [0.2, 0.25) is 0 Å². The number of H-pyrrole nitrogens is 1. The molecule has 1 N–H and O–H groups in total. The van der Waals surface area contributed by atoms with Crippen molar-refractivity contribution in [2.45, 2.75) is 13.5 Å². The number of methoxy groups -OCH3 is 1. The number of hydrogen-bond acceptors (Lipinski definition) is 6. The maximum atomic E-state index is 11.8. The Morgan fingerprint density at radius 1 is 1.22 bits per heavy atom. The predicted molar refractivity (Wildman–Crippen MR) is 105 cm³/mol. The van der Waals surface area contributed by atoms with Crippen LogP contribution in [0, 0.1) is 11.7 Å². The van der Waals surface area contributed by atoms with E-state index in [1.165, 1.54) is 11.8 Å². The van der Waals surface area contributed by atoms with E-state index in [2.05, 4.69) is 15.3 Å². The molecular weight excluding hydrogens is 364 g/mol. The summed E-state index contributed by atoms with van der Waals surface area (Å²) in [6.45, 7) is 2.45. The van der Waals surface area contributed by atoms with E-state index in [-0.39, 0.29) is 4.77 Å². The molecule has 0 spiro atoms. The van der Waals surface area contributed by atoms with Gasteiger partial charge in [0.05, 0.1) is 13.3 Å². The molecule has 2 aromatic carbocycles. The molecule has 0 saturated carbocycles. The number of ether oxygens (including phenoxy) is 2. The first-order valence-electron chi connectivity index (χ1n) is 8.14. The zero-order chi connectivity index (χ0) is 19.2. The third-order valence-corrected chi connectivity index (χ3v) is 4.03. The van der Waals surface area contributed by atoms with Gasteiger partial charge in [-0.1, -0.05) is 29.8 Å². The number of nitrogens with one attached hydrogen (secondary N) is 1. The fourth-order valence-electron chi connectivity index (χ4n) is 2.31. The SMILES string of the molecule is COc1ccc(/C=N\n2c(=O)cn[nH]c2=S)cc1OCc1ccc(C)cc1. The lowest BCUT2D eigenvalue weighted by molar-refractivity contribution is 0.284. The molecule has 1 heterocycles. The van der Waals surface area contributed by atoms with Crippen molar-refractivity contribution in [1.82, 2.24) is 14.9 Å². The van der Waals surface area contributed by atoms with Crippen LogP contribution in [0.5, 0.6) is 11.5 Å². The van der Waals surface area contributed by atoms with Crippen molar-refractivity contribution in [2.24, 2.45) is 5.10 Å². The molecule has 1 aromatic heterocycles. The zero-order valence-electron chi connectivity index (χ0n) is 14.9. The summed E-state index contributed by atoms with van der Waals surface area (Å²) in [6, 6.07) is 13.5. The van der Waals surface area contributed by atoms with Gasteiger partial charge >= 0.3 is 0 Å². The van der Waals surface area contributed by atoms with Crippen LogP contribution in [0.15, 0.2) is 58.6 Å². The molecule has 0 bridgehead atoms. The molecule has 7 nitrogen and oxygen atoms in total. The van der Waals surface area contributed by atoms with Gasteiger partial charge in [-0.3, -0.25) is 9.89 Å². The minimum absolute atomic E-state index is 0.114. The third-order valence-electron chi connectivity index (χ3n) is 3.76. The number of hydrogen-bond donors (Lipinski definition) is 1. The van der Waals surface area contributed by atoms with E-state index in [0.717, 1.165) is 22.0 Å². The minimum atomic E-state index is -0.417. The van der Waals surface area contributed by atoms with E-state index in [4.69, 9.17) is 21.7 Å². The quantitative estimate of drug-likeness (QED) is 0.523. The van der Waals surface area contributed by atoms with E-state index in [0.29, 0.717) is 18.1 Å². The smallest absolute Gasteiger partial charge is 0.293 e. The Morgan fingerprint density at radius 3 is 2.70 bits per heavy atom. The highest BCUT2D eigenvalue weighted by atomic mass is 32.1. The first-order chi connectivity index (χ1) is 13.1. The van der Waals surface area contributed by atoms with Crippen LogP contribution in [0.25, 0.3) is 0 Å². The molecule has 0 aliphatic heterocycles. The number of nitrogens with zero attached hydrogens (tertiary/aromatic N) is 3. The molecule has 8 heteroatoms. The lowest BCUT2D eigenvalue weighted by atomic mass is 10.1. The zero-order valence-corrected chi connectivity index (χ0v) is 15.7. The molecule has 27 heavy (non-hydrogen) atoms. The molecule has 0 aliphatic rings. The van der Waals surface area contributed by atoms with Crippen molar-refractivity contribution in [2.75, 3.05) is 7.11 Å². The summed E-state index contributed by atoms with van der Waals surface area (Å²) in [5, 5.41) is 10.2. The molecule has 0 aliphatic carbocycles. The van der Waals surface area contributed by atoms with Crippen LogP contribution in [0.4, 0.5) is 0 Å². The summed E-state index contributed by atoms with van der Waals surface area (Å²) in [7, 11) is 1.58. The molecule has 0 fully saturated rings. The highest BCUT2D eigenvalue weighted by Crippen LogP contribution is 2.28. The summed E-state index contributed by atoms with van der Waals surface area (Å²) in [4.78, 5) is 11.8. The van der Waals surface area contributed by atoms with E-state index >= 15 is 0 Å². The summed E-state index contributed by atoms with van der Waals surface area (Å²) in [5.74, 6) is 1.19. The lowest BCUT2D eigenvalue weighted by Crippen LogP contribution is -2.18. The van der Waals surface area contributed by atoms with Gasteiger partial charge in [-0.2, -0.15) is 14.9 Å². The van der Waals surface area contributed by atoms with Gasteiger partial charge in [0, 0.05) is 0 Å². The van der Waals surface area contributed by atoms with Crippen LogP contribution in [0.3, 0.4) is 0 Å². The summed E-state index contributed by atoms with van der Waals surface area (Å²) < 4.78 is 12.4. The topological polar surface area (TPSA) is 81.5 Å². The Bertz CT molecular complexity index is 1040. The molecule has 3 aromatic rings. The van der Waals surface area contributed by atoms with Gasteiger partial charge < -0.3 is 9.47 Å². The molecule has 138 valence electrons. The molecule has 0 unspecified atom stereocenters. The van der Waals surface area contributed by atoms with Crippen molar-refractivity contribution in [1.29, 1.82) is 0 Å². The van der Waals surface area contributed by atoms with Gasteiger partial charge in [-0.25, -0.2) is 0 Å². The number of aromatic nitrogens is 3. The van der Waals surface area contributed by atoms with Crippen molar-refractivity contribution < 1.29 is 9.47 Å². The van der Waals surface area contributed by atoms with E-state index < -0.39 is 5.56 Å². The van der Waals surface area contributed by atoms with E-state index in [1.54, 1.807) is 25.3 Å². The molecule has 0 saturated heterocycles. The average molecular weight is 382 g/mol. The number of aromatic amines is 1. The van der Waals surface area contributed by atoms with Gasteiger partial charge in [-0.15, -0.1) is 0 Å². The second kappa shape index (κ2) is 8.41. The van der Waals surface area contributed by atoms with Crippen LogP contribution >= 0.6 is 12.2 Å². The second-order valence-electron chi connectivity index (χ2n) is 5.75. The van der Waals surface area contributed by atoms with Crippen molar-refractivity contribution in [3.8, 4) is 11.5 Å². The highest BCUT2D eigenvalue weighted by molar-refractivity contribution is 7.71. The average Bonchev–Trinajstić information content (AvgIpc) is 2.67. The van der Waals surface area contributed by atoms with Gasteiger partial charge in [0.2, 0.25) is 4.77 Å². The summed E-state index contributed by atoms with van der Waals surface area (Å²) in [6.07, 6.45) is 2.63. The van der Waals surface area contributed by atoms with Crippen LogP contribution in [0.1, 0.15) is 16.7 Å². The van der Waals surface area contributed by atoms with E-state index in [9.17, 15) is 4.79 Å². The normalized spacial score (nSPS) is 10.9. The Balaban J connectivity index is 1.82. The second-order valence-corrected chi connectivity index (χ2v) is 6.14. The number of rotatable bonds is 6. The highest BCUT2D eigenvalue weighted by Gasteiger charge is 2.06. The van der Waals surface area contributed by atoms with Crippen molar-refractivity contribution >= 4 is 18.4 Å². The predicted octanol–water partition coefficient (Wildman–Crippen LogP) is 3.08. The fourth-order valence-corrected chi connectivity index (χ4v) is 2.50. The molecule has 0 radical (unpaired) electrons. The van der Waals surface area contributed by atoms with Crippen molar-refractivity contribution in [3.05, 3.63) is 80.5 Å². The first kappa shape index (κ1) is 18.5. The Kier molecular flexibility index (Phi) is 5.77. The van der Waals surface area contributed by atoms with Gasteiger partial charge in [0.25, 0.3) is 5.56 Å². The van der Waals surface area contributed by atoms with Gasteiger partial charge in [-0.05, 0) is 48.5 Å². The largest absolute Gasteiger partial charge is 0.493 e. The maximum absolute atomic E-state index is 11.8. The Morgan fingerprint density at radius 2 is 2.00 bits per heavy atom. The summed E-state index contributed by atoms with van der Waals surface area (Å²) in [5.41, 5.74) is 2.56. The van der Waals surface area contributed by atoms with Crippen LogP contribution < -0.4 is 15.0 Å². The summed E-state index contributed by atoms with van der Waals surface area (Å²) >= 11 is 5.01. The Hall–Kier alpha value is -3.26. The first-order valence-corrected chi connectivity index (χ1v) is 8.55. The van der Waals surface area contributed by atoms with E-state index in [1.807, 2.05) is 31.2 Å².